The molecule has 2 N–H and O–H groups in total. The molecule has 142 valence electrons. The summed E-state index contributed by atoms with van der Waals surface area (Å²) in [5.74, 6) is 2.04. The lowest BCUT2D eigenvalue weighted by Crippen LogP contribution is -2.39. The number of nitrogens with zero attached hydrogens (tertiary/aromatic N) is 3. The highest BCUT2D eigenvalue weighted by atomic mass is 16.5. The van der Waals surface area contributed by atoms with E-state index in [1.807, 2.05) is 60.8 Å². The molecule has 0 saturated heterocycles. The number of ether oxygens (including phenoxy) is 2. The molecule has 2 aromatic heterocycles. The number of methoxy groups -OCH3 is 2. The van der Waals surface area contributed by atoms with Crippen LogP contribution in [-0.2, 0) is 0 Å². The quantitative estimate of drug-likeness (QED) is 0.697. The molecule has 0 aliphatic carbocycles. The minimum Gasteiger partial charge on any atom is -0.497 e. The smallest absolute Gasteiger partial charge is 0.315 e. The molecule has 3 rings (SSSR count). The van der Waals surface area contributed by atoms with Gasteiger partial charge in [0.2, 0.25) is 0 Å². The second-order valence-corrected chi connectivity index (χ2v) is 6.16. The van der Waals surface area contributed by atoms with E-state index in [-0.39, 0.29) is 18.1 Å². The Labute approximate surface area is 157 Å². The fourth-order valence-corrected chi connectivity index (χ4v) is 2.91. The van der Waals surface area contributed by atoms with Crippen molar-refractivity contribution >= 4 is 11.7 Å². The molecule has 8 heteroatoms. The van der Waals surface area contributed by atoms with E-state index in [0.29, 0.717) is 17.3 Å². The zero-order valence-corrected chi connectivity index (χ0v) is 15.8. The van der Waals surface area contributed by atoms with Crippen molar-refractivity contribution in [2.45, 2.75) is 25.9 Å². The second kappa shape index (κ2) is 7.94. The summed E-state index contributed by atoms with van der Waals surface area (Å²) in [6.07, 6.45) is 1.87. The van der Waals surface area contributed by atoms with Crippen molar-refractivity contribution in [2.24, 2.45) is 0 Å². The Hall–Kier alpha value is -3.29. The number of aromatic nitrogens is 3. The number of rotatable bonds is 6. The predicted octanol–water partition coefficient (Wildman–Crippen LogP) is 2.87. The van der Waals surface area contributed by atoms with Gasteiger partial charge in [-0.05, 0) is 44.2 Å². The standard InChI is InChI=1S/C19H23N5O3/c1-12(15-11-14(26-3)8-9-16(15)27-4)20-19(25)21-13(2)18-23-22-17-7-5-6-10-24(17)18/h5-13H,1-4H3,(H2,20,21,25). The second-order valence-electron chi connectivity index (χ2n) is 6.16. The highest BCUT2D eigenvalue weighted by Gasteiger charge is 2.19. The lowest BCUT2D eigenvalue weighted by Gasteiger charge is -2.20. The van der Waals surface area contributed by atoms with Gasteiger partial charge in [0.15, 0.2) is 11.5 Å². The maximum absolute atomic E-state index is 12.5. The highest BCUT2D eigenvalue weighted by Crippen LogP contribution is 2.29. The minimum atomic E-state index is -0.318. The van der Waals surface area contributed by atoms with Crippen LogP contribution in [0.4, 0.5) is 4.79 Å². The number of nitrogens with one attached hydrogen (secondary N) is 2. The molecule has 2 unspecified atom stereocenters. The lowest BCUT2D eigenvalue weighted by atomic mass is 10.1. The molecule has 2 heterocycles. The van der Waals surface area contributed by atoms with Crippen LogP contribution >= 0.6 is 0 Å². The largest absolute Gasteiger partial charge is 0.497 e. The fourth-order valence-electron chi connectivity index (χ4n) is 2.91. The van der Waals surface area contributed by atoms with E-state index >= 15 is 0 Å². The van der Waals surface area contributed by atoms with E-state index in [0.717, 1.165) is 11.2 Å². The first-order valence-corrected chi connectivity index (χ1v) is 8.62. The van der Waals surface area contributed by atoms with Crippen LogP contribution in [0.3, 0.4) is 0 Å². The zero-order valence-electron chi connectivity index (χ0n) is 15.8. The Morgan fingerprint density at radius 2 is 1.81 bits per heavy atom. The van der Waals surface area contributed by atoms with Crippen LogP contribution in [0.1, 0.15) is 37.3 Å². The Kier molecular flexibility index (Phi) is 5.44. The van der Waals surface area contributed by atoms with Crippen LogP contribution in [0, 0.1) is 0 Å². The number of fused-ring (bicyclic) bond motifs is 1. The van der Waals surface area contributed by atoms with Crippen molar-refractivity contribution in [3.63, 3.8) is 0 Å². The molecule has 27 heavy (non-hydrogen) atoms. The van der Waals surface area contributed by atoms with Crippen molar-refractivity contribution in [1.82, 2.24) is 25.2 Å². The predicted molar refractivity (Wildman–Crippen MR) is 101 cm³/mol. The van der Waals surface area contributed by atoms with Gasteiger partial charge in [0.05, 0.1) is 26.3 Å². The summed E-state index contributed by atoms with van der Waals surface area (Å²) < 4.78 is 12.5. The van der Waals surface area contributed by atoms with E-state index in [4.69, 9.17) is 9.47 Å². The third-order valence-corrected chi connectivity index (χ3v) is 4.33. The number of pyridine rings is 1. The van der Waals surface area contributed by atoms with Crippen molar-refractivity contribution in [3.8, 4) is 11.5 Å². The summed E-state index contributed by atoms with van der Waals surface area (Å²) in [4.78, 5) is 12.5. The first kappa shape index (κ1) is 18.5. The molecular formula is C19H23N5O3. The topological polar surface area (TPSA) is 89.8 Å². The van der Waals surface area contributed by atoms with Gasteiger partial charge in [0, 0.05) is 11.8 Å². The Bertz CT molecular complexity index is 940. The summed E-state index contributed by atoms with van der Waals surface area (Å²) in [7, 11) is 3.19. The van der Waals surface area contributed by atoms with Gasteiger partial charge in [0.1, 0.15) is 11.5 Å². The number of amides is 2. The van der Waals surface area contributed by atoms with Crippen LogP contribution in [0.15, 0.2) is 42.6 Å². The molecule has 0 bridgehead atoms. The van der Waals surface area contributed by atoms with Crippen LogP contribution in [0.25, 0.3) is 5.65 Å². The molecule has 0 spiro atoms. The normalized spacial score (nSPS) is 13.0. The summed E-state index contributed by atoms with van der Waals surface area (Å²) >= 11 is 0. The molecule has 2 amide bonds. The fraction of sp³-hybridized carbons (Fsp3) is 0.316. The van der Waals surface area contributed by atoms with Crippen molar-refractivity contribution in [3.05, 3.63) is 54.0 Å². The third kappa shape index (κ3) is 3.94. The average molecular weight is 369 g/mol. The van der Waals surface area contributed by atoms with Crippen molar-refractivity contribution in [2.75, 3.05) is 14.2 Å². The van der Waals surface area contributed by atoms with Crippen LogP contribution in [0.2, 0.25) is 0 Å². The number of carbonyl (C=O) groups is 1. The van der Waals surface area contributed by atoms with Gasteiger partial charge in [-0.25, -0.2) is 4.79 Å². The Morgan fingerprint density at radius 3 is 2.56 bits per heavy atom. The molecule has 0 aliphatic heterocycles. The molecule has 2 atom stereocenters. The summed E-state index contributed by atoms with van der Waals surface area (Å²) in [6.45, 7) is 3.74. The number of benzene rings is 1. The zero-order chi connectivity index (χ0) is 19.4. The summed E-state index contributed by atoms with van der Waals surface area (Å²) in [6, 6.07) is 10.2. The highest BCUT2D eigenvalue weighted by molar-refractivity contribution is 5.75. The monoisotopic (exact) mass is 369 g/mol. The van der Waals surface area contributed by atoms with Gasteiger partial charge in [-0.15, -0.1) is 10.2 Å². The Balaban J connectivity index is 1.70. The lowest BCUT2D eigenvalue weighted by molar-refractivity contribution is 0.234. The maximum Gasteiger partial charge on any atom is 0.315 e. The molecular weight excluding hydrogens is 346 g/mol. The molecule has 0 aliphatic rings. The van der Waals surface area contributed by atoms with Gasteiger partial charge in [-0.2, -0.15) is 0 Å². The number of carbonyl (C=O) groups excluding carboxylic acids is 1. The van der Waals surface area contributed by atoms with E-state index in [1.165, 1.54) is 0 Å². The van der Waals surface area contributed by atoms with E-state index in [9.17, 15) is 4.79 Å². The maximum atomic E-state index is 12.5. The van der Waals surface area contributed by atoms with Gasteiger partial charge in [-0.1, -0.05) is 6.07 Å². The number of hydrogen-bond donors (Lipinski definition) is 2. The first-order chi connectivity index (χ1) is 13.0. The number of hydrogen-bond acceptors (Lipinski definition) is 5. The van der Waals surface area contributed by atoms with Gasteiger partial charge in [0.25, 0.3) is 0 Å². The number of urea groups is 1. The van der Waals surface area contributed by atoms with Gasteiger partial charge < -0.3 is 20.1 Å². The first-order valence-electron chi connectivity index (χ1n) is 8.62. The molecule has 1 aromatic carbocycles. The molecule has 3 aromatic rings. The summed E-state index contributed by atoms with van der Waals surface area (Å²) in [5.41, 5.74) is 1.56. The van der Waals surface area contributed by atoms with E-state index in [2.05, 4.69) is 20.8 Å². The van der Waals surface area contributed by atoms with Crippen molar-refractivity contribution in [1.29, 1.82) is 0 Å². The van der Waals surface area contributed by atoms with E-state index < -0.39 is 0 Å². The van der Waals surface area contributed by atoms with Crippen LogP contribution < -0.4 is 20.1 Å². The van der Waals surface area contributed by atoms with Crippen LogP contribution in [-0.4, -0.2) is 34.8 Å². The molecule has 0 radical (unpaired) electrons. The summed E-state index contributed by atoms with van der Waals surface area (Å²) in [5, 5.41) is 14.1. The molecule has 8 nitrogen and oxygen atoms in total. The van der Waals surface area contributed by atoms with Gasteiger partial charge >= 0.3 is 6.03 Å². The Morgan fingerprint density at radius 1 is 1.04 bits per heavy atom. The molecule has 0 fully saturated rings. The average Bonchev–Trinajstić information content (AvgIpc) is 3.11. The van der Waals surface area contributed by atoms with Crippen molar-refractivity contribution < 1.29 is 14.3 Å². The molecule has 0 saturated carbocycles. The van der Waals surface area contributed by atoms with Gasteiger partial charge in [-0.3, -0.25) is 4.40 Å². The SMILES string of the molecule is COc1ccc(OC)c(C(C)NC(=O)NC(C)c2nnc3ccccn23)c1. The third-order valence-electron chi connectivity index (χ3n) is 4.33. The van der Waals surface area contributed by atoms with E-state index in [1.54, 1.807) is 14.2 Å². The van der Waals surface area contributed by atoms with Crippen LogP contribution in [0.5, 0.6) is 11.5 Å². The minimum absolute atomic E-state index is 0.280.